The van der Waals surface area contributed by atoms with Crippen molar-refractivity contribution in [1.29, 1.82) is 0 Å². The van der Waals surface area contributed by atoms with Gasteiger partial charge < -0.3 is 19.9 Å². The molecule has 2 aromatic heterocycles. The van der Waals surface area contributed by atoms with Gasteiger partial charge in [-0.2, -0.15) is 15.1 Å². The lowest BCUT2D eigenvalue weighted by Crippen LogP contribution is -2.16. The number of nitrogens with zero attached hydrogens (tertiary/aromatic N) is 4. The number of hydrogen-bond acceptors (Lipinski definition) is 7. The van der Waals surface area contributed by atoms with Gasteiger partial charge in [0.25, 0.3) is 0 Å². The predicted octanol–water partition coefficient (Wildman–Crippen LogP) is 3.81. The number of aromatic nitrogens is 4. The Labute approximate surface area is 180 Å². The Kier molecular flexibility index (Phi) is 7.88. The van der Waals surface area contributed by atoms with E-state index in [1.165, 1.54) is 12.1 Å². The normalized spacial score (nSPS) is 12.5. The van der Waals surface area contributed by atoms with E-state index >= 15 is 0 Å². The van der Waals surface area contributed by atoms with Crippen LogP contribution in [0.2, 0.25) is 19.1 Å². The average molecular weight is 451 g/mol. The Bertz CT molecular complexity index is 1020. The first-order chi connectivity index (χ1) is 14.8. The van der Waals surface area contributed by atoms with E-state index in [2.05, 4.69) is 33.5 Å². The standard InChI is InChI=1S/C20H26F2N5O3Si/c1-13(28)10-23-18-15-11-24-27(12-29-7-4-8-31(2)3)19(15)26-20(25-18)30-17-6-5-14(21)9-16(17)22/h5-6,9,11,13,28H,4,7-8,10,12H2,1-3H3,(H,23,25,26)/t13-/m0/s1. The fourth-order valence-electron chi connectivity index (χ4n) is 2.79. The van der Waals surface area contributed by atoms with Crippen LogP contribution in [0.3, 0.4) is 0 Å². The molecule has 3 rings (SSSR count). The fourth-order valence-corrected chi connectivity index (χ4v) is 3.64. The van der Waals surface area contributed by atoms with Crippen LogP contribution in [0.4, 0.5) is 14.6 Å². The second-order valence-electron chi connectivity index (χ2n) is 7.49. The predicted molar refractivity (Wildman–Crippen MR) is 115 cm³/mol. The van der Waals surface area contributed by atoms with E-state index in [1.807, 2.05) is 0 Å². The number of aliphatic hydroxyl groups is 1. The Hall–Kier alpha value is -2.63. The summed E-state index contributed by atoms with van der Waals surface area (Å²) in [6, 6.07) is 4.00. The highest BCUT2D eigenvalue weighted by Crippen LogP contribution is 2.27. The Morgan fingerprint density at radius 3 is 2.77 bits per heavy atom. The summed E-state index contributed by atoms with van der Waals surface area (Å²) < 4.78 is 39.9. The van der Waals surface area contributed by atoms with E-state index in [9.17, 15) is 13.9 Å². The lowest BCUT2D eigenvalue weighted by atomic mass is 10.3. The Morgan fingerprint density at radius 1 is 1.26 bits per heavy atom. The molecule has 1 aromatic carbocycles. The molecular weight excluding hydrogens is 424 g/mol. The van der Waals surface area contributed by atoms with Gasteiger partial charge in [0.05, 0.1) is 17.7 Å². The number of hydrogen-bond donors (Lipinski definition) is 2. The summed E-state index contributed by atoms with van der Waals surface area (Å²) in [5.74, 6) is -1.41. The third-order valence-corrected chi connectivity index (χ3v) is 5.67. The first kappa shape index (κ1) is 23.0. The van der Waals surface area contributed by atoms with Gasteiger partial charge in [-0.15, -0.1) is 0 Å². The number of fused-ring (bicyclic) bond motifs is 1. The van der Waals surface area contributed by atoms with Crippen LogP contribution in [-0.2, 0) is 11.5 Å². The minimum atomic E-state index is -0.869. The highest BCUT2D eigenvalue weighted by Gasteiger charge is 2.16. The van der Waals surface area contributed by atoms with Gasteiger partial charge in [0, 0.05) is 28.0 Å². The monoisotopic (exact) mass is 450 g/mol. The summed E-state index contributed by atoms with van der Waals surface area (Å²) >= 11 is 0. The van der Waals surface area contributed by atoms with Gasteiger partial charge in [0.1, 0.15) is 18.4 Å². The first-order valence-corrected chi connectivity index (χ1v) is 12.7. The average Bonchev–Trinajstić information content (AvgIpc) is 3.11. The highest BCUT2D eigenvalue weighted by atomic mass is 28.3. The van der Waals surface area contributed by atoms with Gasteiger partial charge in [0.2, 0.25) is 0 Å². The van der Waals surface area contributed by atoms with E-state index < -0.39 is 17.7 Å². The van der Waals surface area contributed by atoms with Crippen molar-refractivity contribution in [2.45, 2.75) is 45.3 Å². The van der Waals surface area contributed by atoms with Crippen LogP contribution in [0.5, 0.6) is 11.8 Å². The van der Waals surface area contributed by atoms with E-state index in [1.54, 1.807) is 17.8 Å². The molecule has 0 aliphatic carbocycles. The van der Waals surface area contributed by atoms with Crippen LogP contribution in [-0.4, -0.2) is 52.9 Å². The molecule has 0 aliphatic rings. The lowest BCUT2D eigenvalue weighted by Gasteiger charge is -2.12. The molecule has 1 radical (unpaired) electrons. The van der Waals surface area contributed by atoms with Crippen LogP contribution in [0.25, 0.3) is 11.0 Å². The van der Waals surface area contributed by atoms with Crippen molar-refractivity contribution < 1.29 is 23.4 Å². The number of benzene rings is 1. The summed E-state index contributed by atoms with van der Waals surface area (Å²) in [4.78, 5) is 8.61. The molecule has 0 bridgehead atoms. The van der Waals surface area contributed by atoms with E-state index in [0.29, 0.717) is 23.5 Å². The molecule has 0 unspecified atom stereocenters. The van der Waals surface area contributed by atoms with Gasteiger partial charge in [0.15, 0.2) is 17.2 Å². The zero-order valence-electron chi connectivity index (χ0n) is 17.7. The molecule has 0 aliphatic heterocycles. The number of aliphatic hydroxyl groups excluding tert-OH is 1. The van der Waals surface area contributed by atoms with E-state index in [-0.39, 0.29) is 33.8 Å². The maximum absolute atomic E-state index is 14.0. The smallest absolute Gasteiger partial charge is 0.326 e. The second-order valence-corrected chi connectivity index (χ2v) is 10.4. The molecular formula is C20H26F2N5O3Si. The summed E-state index contributed by atoms with van der Waals surface area (Å²) in [5.41, 5.74) is 0.427. The van der Waals surface area contributed by atoms with E-state index in [0.717, 1.165) is 18.6 Å². The maximum atomic E-state index is 14.0. The van der Waals surface area contributed by atoms with Crippen LogP contribution in [0.15, 0.2) is 24.4 Å². The van der Waals surface area contributed by atoms with Crippen molar-refractivity contribution in [2.24, 2.45) is 0 Å². The van der Waals surface area contributed by atoms with Gasteiger partial charge in [-0.1, -0.05) is 19.1 Å². The zero-order valence-corrected chi connectivity index (χ0v) is 18.7. The molecule has 0 saturated carbocycles. The van der Waals surface area contributed by atoms with Crippen LogP contribution in [0, 0.1) is 11.6 Å². The molecule has 0 spiro atoms. The van der Waals surface area contributed by atoms with Crippen LogP contribution in [0.1, 0.15) is 13.3 Å². The second kappa shape index (κ2) is 10.6. The molecule has 2 N–H and O–H groups in total. The third kappa shape index (κ3) is 6.42. The third-order valence-electron chi connectivity index (χ3n) is 4.31. The topological polar surface area (TPSA) is 94.3 Å². The highest BCUT2D eigenvalue weighted by molar-refractivity contribution is 6.55. The first-order valence-electron chi connectivity index (χ1n) is 9.98. The van der Waals surface area contributed by atoms with Crippen molar-refractivity contribution in [1.82, 2.24) is 19.7 Å². The van der Waals surface area contributed by atoms with Crippen molar-refractivity contribution in [3.05, 3.63) is 36.0 Å². The Balaban J connectivity index is 1.85. The summed E-state index contributed by atoms with van der Waals surface area (Å²) in [7, 11) is -0.285. The fraction of sp³-hybridized carbons (Fsp3) is 0.450. The largest absolute Gasteiger partial charge is 0.421 e. The lowest BCUT2D eigenvalue weighted by molar-refractivity contribution is 0.0718. The van der Waals surface area contributed by atoms with Gasteiger partial charge in [-0.25, -0.2) is 13.5 Å². The minimum Gasteiger partial charge on any atom is -0.421 e. The zero-order chi connectivity index (χ0) is 22.4. The van der Waals surface area contributed by atoms with Gasteiger partial charge in [-0.05, 0) is 25.5 Å². The molecule has 0 saturated heterocycles. The Morgan fingerprint density at radius 2 is 2.06 bits per heavy atom. The van der Waals surface area contributed by atoms with Crippen molar-refractivity contribution in [2.75, 3.05) is 18.5 Å². The van der Waals surface area contributed by atoms with E-state index in [4.69, 9.17) is 9.47 Å². The van der Waals surface area contributed by atoms with Crippen molar-refractivity contribution >= 4 is 25.6 Å². The molecule has 0 amide bonds. The molecule has 31 heavy (non-hydrogen) atoms. The van der Waals surface area contributed by atoms with Crippen LogP contribution < -0.4 is 10.1 Å². The summed E-state index contributed by atoms with van der Waals surface area (Å²) in [6.07, 6.45) is 1.95. The SMILES string of the molecule is C[C@H](O)CNc1nc(Oc2ccc(F)cc2F)nc2c1cnn2COCCC[Si](C)C. The summed E-state index contributed by atoms with van der Waals surface area (Å²) in [5, 5.41) is 17.5. The van der Waals surface area contributed by atoms with Gasteiger partial charge >= 0.3 is 6.01 Å². The molecule has 1 atom stereocenters. The minimum absolute atomic E-state index is 0.142. The van der Waals surface area contributed by atoms with Gasteiger partial charge in [-0.3, -0.25) is 0 Å². The molecule has 2 heterocycles. The quantitative estimate of drug-likeness (QED) is 0.339. The van der Waals surface area contributed by atoms with Crippen LogP contribution >= 0.6 is 0 Å². The van der Waals surface area contributed by atoms with Crippen molar-refractivity contribution in [3.8, 4) is 11.8 Å². The maximum Gasteiger partial charge on any atom is 0.326 e. The molecule has 3 aromatic rings. The molecule has 11 heteroatoms. The molecule has 8 nitrogen and oxygen atoms in total. The van der Waals surface area contributed by atoms with Crippen molar-refractivity contribution in [3.63, 3.8) is 0 Å². The number of nitrogens with one attached hydrogen (secondary N) is 1. The molecule has 167 valence electrons. The molecule has 0 fully saturated rings. The summed E-state index contributed by atoms with van der Waals surface area (Å²) in [6.45, 7) is 7.19. The number of rotatable bonds is 11. The number of halogens is 2. The number of ether oxygens (including phenoxy) is 2. The number of anilines is 1.